The Morgan fingerprint density at radius 2 is 2.11 bits per heavy atom. The fourth-order valence-corrected chi connectivity index (χ4v) is 0.606. The molecular weight excluding hydrogens is 132 g/mol. The molecule has 0 aliphatic carbocycles. The van der Waals surface area contributed by atoms with Crippen LogP contribution in [-0.4, -0.2) is 27.9 Å². The Labute approximate surface area is 48.5 Å². The van der Waals surface area contributed by atoms with Crippen LogP contribution >= 0.6 is 0 Å². The molecule has 2 atom stereocenters. The fourth-order valence-electron chi connectivity index (χ4n) is 0.606. The summed E-state index contributed by atoms with van der Waals surface area (Å²) in [7, 11) is 0. The predicted molar refractivity (Wildman–Crippen MR) is 18.6 cm³/mol. The number of epoxide rings is 1. The molecule has 0 aromatic heterocycles. The van der Waals surface area contributed by atoms with Crippen LogP contribution in [0.5, 0.6) is 0 Å². The second-order valence-corrected chi connectivity index (χ2v) is 1.77. The van der Waals surface area contributed by atoms with Crippen LogP contribution in [0.25, 0.3) is 0 Å². The van der Waals surface area contributed by atoms with Crippen LogP contribution in [0.1, 0.15) is 0 Å². The van der Waals surface area contributed by atoms with E-state index in [2.05, 4.69) is 14.5 Å². The summed E-state index contributed by atoms with van der Waals surface area (Å²) < 4.78 is 4.18. The Morgan fingerprint density at radius 1 is 1.44 bits per heavy atom. The van der Waals surface area contributed by atoms with Gasteiger partial charge in [0, 0.05) is 0 Å². The summed E-state index contributed by atoms with van der Waals surface area (Å²) in [6.07, 6.45) is 0. The number of ether oxygens (including phenoxy) is 1. The van der Waals surface area contributed by atoms with E-state index in [0.717, 1.165) is 0 Å². The molecule has 0 saturated carbocycles. The number of carboxylic acid groups (broad SMARTS) is 1. The molecule has 2 unspecified atom stereocenters. The number of aliphatic carboxylic acids is 1. The first-order valence-corrected chi connectivity index (χ1v) is 2.13. The Kier molecular flexibility index (Phi) is 0.553. The largest absolute Gasteiger partial charge is 0.477 e. The molecule has 9 heavy (non-hydrogen) atoms. The highest BCUT2D eigenvalue weighted by Crippen LogP contribution is 2.56. The van der Waals surface area contributed by atoms with Crippen LogP contribution in [-0.2, 0) is 19.3 Å². The van der Waals surface area contributed by atoms with Crippen molar-refractivity contribution in [2.24, 2.45) is 0 Å². The molecule has 2 rings (SSSR count). The van der Waals surface area contributed by atoms with E-state index in [9.17, 15) is 4.79 Å². The summed E-state index contributed by atoms with van der Waals surface area (Å²) >= 11 is 0. The Bertz CT molecular complexity index is 189. The third kappa shape index (κ3) is 0.322. The maximum absolute atomic E-state index is 10.1. The van der Waals surface area contributed by atoms with Crippen molar-refractivity contribution in [2.45, 2.75) is 11.8 Å². The molecule has 0 bridgehead atoms. The van der Waals surface area contributed by atoms with Gasteiger partial charge >= 0.3 is 17.7 Å². The minimum absolute atomic E-state index is 1.39. The Morgan fingerprint density at radius 3 is 2.11 bits per heavy atom. The third-order valence-corrected chi connectivity index (χ3v) is 1.21. The molecule has 2 heterocycles. The molecule has 2 saturated heterocycles. The molecule has 2 N–H and O–H groups in total. The number of carbonyl (C=O) groups is 1. The fraction of sp³-hybridized carbons (Fsp3) is 0.667. The highest BCUT2D eigenvalue weighted by Gasteiger charge is 2.90. The molecule has 0 aromatic rings. The minimum Gasteiger partial charge on any atom is -0.477 e. The van der Waals surface area contributed by atoms with E-state index in [0.29, 0.717) is 0 Å². The van der Waals surface area contributed by atoms with Crippen LogP contribution in [0.4, 0.5) is 0 Å². The lowest BCUT2D eigenvalue weighted by Crippen LogP contribution is -2.48. The van der Waals surface area contributed by atoms with Gasteiger partial charge in [0.05, 0.1) is 0 Å². The van der Waals surface area contributed by atoms with Gasteiger partial charge in [-0.3, -0.25) is 4.74 Å². The molecule has 6 nitrogen and oxygen atoms in total. The smallest absolute Gasteiger partial charge is 0.388 e. The van der Waals surface area contributed by atoms with Gasteiger partial charge in [0.25, 0.3) is 0 Å². The van der Waals surface area contributed by atoms with Crippen LogP contribution in [0, 0.1) is 0 Å². The molecule has 50 valence electrons. The third-order valence-electron chi connectivity index (χ3n) is 1.21. The van der Waals surface area contributed by atoms with Gasteiger partial charge in [0.15, 0.2) is 0 Å². The number of rotatable bonds is 1. The Hall–Kier alpha value is -0.690. The summed E-state index contributed by atoms with van der Waals surface area (Å²) in [5.41, 5.74) is 0. The van der Waals surface area contributed by atoms with Crippen LogP contribution < -0.4 is 0 Å². The maximum Gasteiger partial charge on any atom is 0.388 e. The summed E-state index contributed by atoms with van der Waals surface area (Å²) in [6, 6.07) is 0. The van der Waals surface area contributed by atoms with E-state index in [1.807, 2.05) is 0 Å². The molecule has 0 amide bonds. The van der Waals surface area contributed by atoms with Gasteiger partial charge < -0.3 is 10.2 Å². The van der Waals surface area contributed by atoms with Gasteiger partial charge in [0.2, 0.25) is 0 Å². The molecule has 6 heteroatoms. The van der Waals surface area contributed by atoms with Gasteiger partial charge in [-0.1, -0.05) is 0 Å². The molecule has 0 radical (unpaired) electrons. The maximum atomic E-state index is 10.1. The van der Waals surface area contributed by atoms with Crippen LogP contribution in [0.15, 0.2) is 0 Å². The quantitative estimate of drug-likeness (QED) is 0.332. The van der Waals surface area contributed by atoms with Crippen molar-refractivity contribution in [3.05, 3.63) is 0 Å². The SMILES string of the molecule is O=C(O)C12OOC1(O)O2. The van der Waals surface area contributed by atoms with E-state index in [1.165, 1.54) is 0 Å². The lowest BCUT2D eigenvalue weighted by atomic mass is 10.3. The number of aliphatic hydroxyl groups is 1. The zero-order valence-corrected chi connectivity index (χ0v) is 4.03. The summed E-state index contributed by atoms with van der Waals surface area (Å²) in [5, 5.41) is 16.9. The molecular formula is C3H2O6. The van der Waals surface area contributed by atoms with Crippen molar-refractivity contribution in [1.29, 1.82) is 0 Å². The van der Waals surface area contributed by atoms with Gasteiger partial charge in [0.1, 0.15) is 0 Å². The van der Waals surface area contributed by atoms with Crippen molar-refractivity contribution in [1.82, 2.24) is 0 Å². The van der Waals surface area contributed by atoms with E-state index in [-0.39, 0.29) is 0 Å². The summed E-state index contributed by atoms with van der Waals surface area (Å²) in [6.45, 7) is 0. The number of fused-ring (bicyclic) bond motifs is 1. The van der Waals surface area contributed by atoms with Crippen molar-refractivity contribution in [3.8, 4) is 0 Å². The van der Waals surface area contributed by atoms with E-state index < -0.39 is 17.7 Å². The van der Waals surface area contributed by atoms with Crippen LogP contribution in [0.3, 0.4) is 0 Å². The first-order chi connectivity index (χ1) is 4.11. The van der Waals surface area contributed by atoms with Gasteiger partial charge in [-0.05, 0) is 0 Å². The average molecular weight is 134 g/mol. The van der Waals surface area contributed by atoms with E-state index >= 15 is 0 Å². The Balaban J connectivity index is 2.24. The first kappa shape index (κ1) is 5.12. The molecule has 2 fully saturated rings. The second-order valence-electron chi connectivity index (χ2n) is 1.77. The normalized spacial score (nSPS) is 53.4. The van der Waals surface area contributed by atoms with Gasteiger partial charge in [-0.2, -0.15) is 9.78 Å². The van der Waals surface area contributed by atoms with Crippen LogP contribution in [0.2, 0.25) is 0 Å². The van der Waals surface area contributed by atoms with E-state index in [4.69, 9.17) is 10.2 Å². The number of carboxylic acids is 1. The zero-order valence-electron chi connectivity index (χ0n) is 4.03. The molecule has 0 aromatic carbocycles. The minimum atomic E-state index is -2.02. The van der Waals surface area contributed by atoms with Crippen molar-refractivity contribution >= 4 is 5.97 Å². The zero-order chi connectivity index (χ0) is 6.70. The van der Waals surface area contributed by atoms with Gasteiger partial charge in [-0.15, -0.1) is 0 Å². The van der Waals surface area contributed by atoms with Gasteiger partial charge in [-0.25, -0.2) is 4.79 Å². The molecule has 2 aliphatic rings. The number of hydrogen-bond donors (Lipinski definition) is 2. The standard InChI is InChI=1S/C3H2O6/c4-1(5)2-3(6,7-2)9-8-2/h6H,(H,4,5). The monoisotopic (exact) mass is 134 g/mol. The number of hydrogen-bond acceptors (Lipinski definition) is 5. The lowest BCUT2D eigenvalue weighted by Gasteiger charge is -2.17. The highest BCUT2D eigenvalue weighted by molar-refractivity contribution is 5.80. The summed E-state index contributed by atoms with van der Waals surface area (Å²) in [4.78, 5) is 18.0. The van der Waals surface area contributed by atoms with Crippen molar-refractivity contribution in [2.75, 3.05) is 0 Å². The van der Waals surface area contributed by atoms with E-state index in [1.54, 1.807) is 0 Å². The predicted octanol–water partition coefficient (Wildman–Crippen LogP) is -1.59. The molecule has 2 aliphatic heterocycles. The second kappa shape index (κ2) is 0.971. The molecule has 0 spiro atoms. The van der Waals surface area contributed by atoms with Crippen molar-refractivity contribution in [3.63, 3.8) is 0 Å². The average Bonchev–Trinajstić information content (AvgIpc) is 2.15. The lowest BCUT2D eigenvalue weighted by molar-refractivity contribution is -0.503. The topological polar surface area (TPSA) is 88.5 Å². The highest BCUT2D eigenvalue weighted by atomic mass is 17.4. The summed E-state index contributed by atoms with van der Waals surface area (Å²) in [5.74, 6) is -5.33. The first-order valence-electron chi connectivity index (χ1n) is 2.13. The van der Waals surface area contributed by atoms with Crippen molar-refractivity contribution < 1.29 is 29.5 Å².